The first-order valence-electron chi connectivity index (χ1n) is 9.14. The molecule has 21 heavy (non-hydrogen) atoms. The number of nitrogens with one attached hydrogen (secondary N) is 2. The van der Waals surface area contributed by atoms with Gasteiger partial charge in [0.15, 0.2) is 0 Å². The van der Waals surface area contributed by atoms with Crippen LogP contribution in [0, 0.1) is 0 Å². The van der Waals surface area contributed by atoms with Crippen molar-refractivity contribution in [1.29, 1.82) is 0 Å². The highest BCUT2D eigenvalue weighted by Gasteiger charge is 2.25. The number of amides is 2. The first kappa shape index (κ1) is 20.3. The normalized spacial score (nSPS) is 13.7. The molecule has 0 heterocycles. The van der Waals surface area contributed by atoms with Gasteiger partial charge in [-0.3, -0.25) is 0 Å². The van der Waals surface area contributed by atoms with Crippen LogP contribution in [0.2, 0.25) is 0 Å². The van der Waals surface area contributed by atoms with Crippen LogP contribution in [0.5, 0.6) is 0 Å². The van der Waals surface area contributed by atoms with Crippen LogP contribution < -0.4 is 10.6 Å². The summed E-state index contributed by atoms with van der Waals surface area (Å²) in [6.07, 6.45) is 13.7. The maximum Gasteiger partial charge on any atom is 0.315 e. The molecule has 0 aliphatic rings. The SMILES string of the molecule is CCCCCCCC(C)(CCCCCC)NC(=O)NCC. The average Bonchev–Trinajstić information content (AvgIpc) is 2.44. The van der Waals surface area contributed by atoms with E-state index in [0.717, 1.165) is 12.8 Å². The largest absolute Gasteiger partial charge is 0.338 e. The van der Waals surface area contributed by atoms with Crippen molar-refractivity contribution in [2.24, 2.45) is 0 Å². The van der Waals surface area contributed by atoms with Gasteiger partial charge in [0.1, 0.15) is 0 Å². The van der Waals surface area contributed by atoms with E-state index in [1.54, 1.807) is 0 Å². The summed E-state index contributed by atoms with van der Waals surface area (Å²) < 4.78 is 0. The topological polar surface area (TPSA) is 41.1 Å². The lowest BCUT2D eigenvalue weighted by atomic mass is 9.88. The molecule has 0 bridgehead atoms. The van der Waals surface area contributed by atoms with Crippen molar-refractivity contribution in [3.8, 4) is 0 Å². The minimum Gasteiger partial charge on any atom is -0.338 e. The van der Waals surface area contributed by atoms with Gasteiger partial charge in [-0.05, 0) is 26.7 Å². The number of urea groups is 1. The maximum absolute atomic E-state index is 11.9. The Balaban J connectivity index is 4.19. The lowest BCUT2D eigenvalue weighted by Crippen LogP contribution is -2.50. The van der Waals surface area contributed by atoms with E-state index >= 15 is 0 Å². The monoisotopic (exact) mass is 298 g/mol. The van der Waals surface area contributed by atoms with Crippen LogP contribution in [0.4, 0.5) is 4.79 Å². The first-order chi connectivity index (χ1) is 10.1. The fourth-order valence-corrected chi connectivity index (χ4v) is 2.79. The van der Waals surface area contributed by atoms with Gasteiger partial charge in [-0.25, -0.2) is 4.79 Å². The minimum absolute atomic E-state index is 0.0101. The fraction of sp³-hybridized carbons (Fsp3) is 0.944. The van der Waals surface area contributed by atoms with Crippen LogP contribution in [-0.4, -0.2) is 18.1 Å². The smallest absolute Gasteiger partial charge is 0.315 e. The van der Waals surface area contributed by atoms with Crippen LogP contribution in [0.15, 0.2) is 0 Å². The molecule has 3 heteroatoms. The van der Waals surface area contributed by atoms with Crippen molar-refractivity contribution in [2.45, 2.75) is 104 Å². The van der Waals surface area contributed by atoms with Crippen LogP contribution in [0.3, 0.4) is 0 Å². The van der Waals surface area contributed by atoms with Crippen LogP contribution in [-0.2, 0) is 0 Å². The fourth-order valence-electron chi connectivity index (χ4n) is 2.79. The van der Waals surface area contributed by atoms with Gasteiger partial charge in [0.2, 0.25) is 0 Å². The Morgan fingerprint density at radius 1 is 0.810 bits per heavy atom. The van der Waals surface area contributed by atoms with Gasteiger partial charge in [0, 0.05) is 12.1 Å². The molecule has 1 unspecified atom stereocenters. The Morgan fingerprint density at radius 3 is 1.76 bits per heavy atom. The van der Waals surface area contributed by atoms with Crippen molar-refractivity contribution in [3.63, 3.8) is 0 Å². The maximum atomic E-state index is 11.9. The van der Waals surface area contributed by atoms with E-state index in [0.29, 0.717) is 6.54 Å². The summed E-state index contributed by atoms with van der Waals surface area (Å²) in [4.78, 5) is 11.9. The molecule has 0 aromatic carbocycles. The molecule has 0 aliphatic heterocycles. The first-order valence-corrected chi connectivity index (χ1v) is 9.14. The molecule has 0 radical (unpaired) electrons. The molecule has 0 rings (SSSR count). The number of rotatable bonds is 13. The predicted molar refractivity (Wildman–Crippen MR) is 92.7 cm³/mol. The van der Waals surface area contributed by atoms with Gasteiger partial charge in [0.05, 0.1) is 0 Å². The summed E-state index contributed by atoms with van der Waals surface area (Å²) in [6, 6.07) is -0.0101. The van der Waals surface area contributed by atoms with Crippen LogP contribution in [0.25, 0.3) is 0 Å². The van der Waals surface area contributed by atoms with Crippen molar-refractivity contribution in [1.82, 2.24) is 10.6 Å². The van der Waals surface area contributed by atoms with E-state index in [2.05, 4.69) is 31.4 Å². The van der Waals surface area contributed by atoms with E-state index in [1.807, 2.05) is 6.92 Å². The highest BCUT2D eigenvalue weighted by atomic mass is 16.2. The quantitative estimate of drug-likeness (QED) is 0.439. The molecule has 0 aromatic heterocycles. The lowest BCUT2D eigenvalue weighted by Gasteiger charge is -2.31. The average molecular weight is 299 g/mol. The zero-order valence-corrected chi connectivity index (χ0v) is 14.9. The molecule has 0 aliphatic carbocycles. The molecule has 0 spiro atoms. The van der Waals surface area contributed by atoms with Crippen molar-refractivity contribution in [3.05, 3.63) is 0 Å². The number of carbonyl (C=O) groups excluding carboxylic acids is 1. The predicted octanol–water partition coefficient (Wildman–Crippen LogP) is 5.40. The molecule has 3 nitrogen and oxygen atoms in total. The van der Waals surface area contributed by atoms with Gasteiger partial charge in [0.25, 0.3) is 0 Å². The summed E-state index contributed by atoms with van der Waals surface area (Å²) in [6.45, 7) is 9.35. The molecule has 1 atom stereocenters. The van der Waals surface area contributed by atoms with Crippen molar-refractivity contribution in [2.75, 3.05) is 6.54 Å². The third-order valence-corrected chi connectivity index (χ3v) is 4.17. The number of carbonyl (C=O) groups is 1. The third kappa shape index (κ3) is 11.6. The van der Waals surface area contributed by atoms with E-state index in [9.17, 15) is 4.79 Å². The molecule has 0 saturated carbocycles. The molecule has 126 valence electrons. The molecule has 0 saturated heterocycles. The second kappa shape index (κ2) is 13.0. The molecule has 0 aromatic rings. The van der Waals surface area contributed by atoms with E-state index in [1.165, 1.54) is 57.8 Å². The second-order valence-electron chi connectivity index (χ2n) is 6.52. The zero-order valence-electron chi connectivity index (χ0n) is 14.9. The Hall–Kier alpha value is -0.730. The number of hydrogen-bond donors (Lipinski definition) is 2. The van der Waals surface area contributed by atoms with Crippen molar-refractivity contribution >= 4 is 6.03 Å². The molecule has 0 fully saturated rings. The Kier molecular flexibility index (Phi) is 12.5. The highest BCUT2D eigenvalue weighted by molar-refractivity contribution is 5.74. The molecular weight excluding hydrogens is 260 g/mol. The van der Waals surface area contributed by atoms with E-state index < -0.39 is 0 Å². The Labute approximate surface area is 132 Å². The molecule has 2 amide bonds. The second-order valence-corrected chi connectivity index (χ2v) is 6.52. The summed E-state index contributed by atoms with van der Waals surface area (Å²) >= 11 is 0. The number of hydrogen-bond acceptors (Lipinski definition) is 1. The summed E-state index contributed by atoms with van der Waals surface area (Å²) in [5.74, 6) is 0. The summed E-state index contributed by atoms with van der Waals surface area (Å²) in [5, 5.41) is 6.08. The van der Waals surface area contributed by atoms with E-state index in [-0.39, 0.29) is 11.6 Å². The van der Waals surface area contributed by atoms with Gasteiger partial charge >= 0.3 is 6.03 Å². The Morgan fingerprint density at radius 2 is 1.29 bits per heavy atom. The van der Waals surface area contributed by atoms with Crippen LogP contribution >= 0.6 is 0 Å². The van der Waals surface area contributed by atoms with Gasteiger partial charge in [-0.15, -0.1) is 0 Å². The van der Waals surface area contributed by atoms with Crippen molar-refractivity contribution < 1.29 is 4.79 Å². The van der Waals surface area contributed by atoms with Gasteiger partial charge in [-0.1, -0.05) is 71.6 Å². The van der Waals surface area contributed by atoms with Crippen LogP contribution in [0.1, 0.15) is 98.3 Å². The zero-order chi connectivity index (χ0) is 16.0. The molecule has 2 N–H and O–H groups in total. The van der Waals surface area contributed by atoms with Gasteiger partial charge < -0.3 is 10.6 Å². The lowest BCUT2D eigenvalue weighted by molar-refractivity contribution is 0.219. The van der Waals surface area contributed by atoms with Gasteiger partial charge in [-0.2, -0.15) is 0 Å². The third-order valence-electron chi connectivity index (χ3n) is 4.17. The number of unbranched alkanes of at least 4 members (excludes halogenated alkanes) is 7. The standard InChI is InChI=1S/C18H38N2O/c1-5-8-10-12-14-16-18(4,15-13-11-9-6-2)20-17(21)19-7-3/h5-16H2,1-4H3,(H2,19,20,21). The van der Waals surface area contributed by atoms with E-state index in [4.69, 9.17) is 0 Å². The summed E-state index contributed by atoms with van der Waals surface area (Å²) in [5.41, 5.74) is -0.0425. The Bertz CT molecular complexity index is 256. The summed E-state index contributed by atoms with van der Waals surface area (Å²) in [7, 11) is 0. The molecular formula is C18H38N2O. The highest BCUT2D eigenvalue weighted by Crippen LogP contribution is 2.22. The minimum atomic E-state index is -0.0425.